The van der Waals surface area contributed by atoms with Crippen LogP contribution in [0.15, 0.2) is 24.3 Å². The van der Waals surface area contributed by atoms with Crippen LogP contribution in [0, 0.1) is 0 Å². The minimum Gasteiger partial charge on any atom is -0.484 e. The molecule has 0 atom stereocenters. The van der Waals surface area contributed by atoms with Crippen LogP contribution >= 0.6 is 12.2 Å². The summed E-state index contributed by atoms with van der Waals surface area (Å²) in [7, 11) is 1.22. The summed E-state index contributed by atoms with van der Waals surface area (Å²) < 4.78 is 14.7. The van der Waals surface area contributed by atoms with Crippen LogP contribution in [0.1, 0.15) is 36.5 Å². The largest absolute Gasteiger partial charge is 0.484 e. The highest BCUT2D eigenvalue weighted by molar-refractivity contribution is 7.80. The maximum absolute atomic E-state index is 11.7. The predicted octanol–water partition coefficient (Wildman–Crippen LogP) is 0.607. The van der Waals surface area contributed by atoms with Gasteiger partial charge >= 0.3 is 11.9 Å². The summed E-state index contributed by atoms with van der Waals surface area (Å²) in [6, 6.07) is 6.13. The van der Waals surface area contributed by atoms with Crippen LogP contribution in [-0.4, -0.2) is 49.2 Å². The molecule has 1 rings (SSSR count). The molecule has 0 saturated heterocycles. The highest BCUT2D eigenvalue weighted by Crippen LogP contribution is 2.13. The SMILES string of the molecule is CCCOC(=O)c1ccc(OCC(=O)NNC(=S)NC(=O)CCC(=O)OC)cc1. The molecule has 29 heavy (non-hydrogen) atoms. The monoisotopic (exact) mass is 425 g/mol. The van der Waals surface area contributed by atoms with Crippen molar-refractivity contribution in [2.24, 2.45) is 0 Å². The first kappa shape index (κ1) is 23.8. The van der Waals surface area contributed by atoms with Crippen molar-refractivity contribution in [3.05, 3.63) is 29.8 Å². The molecule has 0 bridgehead atoms. The van der Waals surface area contributed by atoms with E-state index in [4.69, 9.17) is 21.7 Å². The number of carbonyl (C=O) groups excluding carboxylic acids is 4. The van der Waals surface area contributed by atoms with Crippen molar-refractivity contribution in [3.8, 4) is 5.75 Å². The van der Waals surface area contributed by atoms with E-state index in [-0.39, 0.29) is 24.6 Å². The average Bonchev–Trinajstić information content (AvgIpc) is 2.73. The summed E-state index contributed by atoms with van der Waals surface area (Å²) >= 11 is 4.84. The Morgan fingerprint density at radius 1 is 1.00 bits per heavy atom. The van der Waals surface area contributed by atoms with Gasteiger partial charge in [0.2, 0.25) is 5.91 Å². The standard InChI is InChI=1S/C18H23N3O7S/c1-3-10-27-17(25)12-4-6-13(7-5-12)28-11-15(23)20-21-18(29)19-14(22)8-9-16(24)26-2/h4-7H,3,8-11H2,1-2H3,(H,20,23)(H2,19,21,22,29). The maximum atomic E-state index is 11.7. The van der Waals surface area contributed by atoms with E-state index in [1.54, 1.807) is 0 Å². The number of hydrogen-bond acceptors (Lipinski definition) is 8. The summed E-state index contributed by atoms with van der Waals surface area (Å²) in [6.45, 7) is 1.92. The van der Waals surface area contributed by atoms with Crippen LogP contribution in [-0.2, 0) is 23.9 Å². The van der Waals surface area contributed by atoms with Crippen molar-refractivity contribution < 1.29 is 33.4 Å². The van der Waals surface area contributed by atoms with Gasteiger partial charge in [0.25, 0.3) is 5.91 Å². The molecule has 0 heterocycles. The van der Waals surface area contributed by atoms with Crippen molar-refractivity contribution in [3.63, 3.8) is 0 Å². The molecular formula is C18H23N3O7S. The third-order valence-corrected chi connectivity index (χ3v) is 3.45. The number of benzene rings is 1. The number of amides is 2. The van der Waals surface area contributed by atoms with Gasteiger partial charge in [0.1, 0.15) is 5.75 Å². The van der Waals surface area contributed by atoms with Crippen LogP contribution in [0.2, 0.25) is 0 Å². The molecule has 1 aromatic carbocycles. The molecule has 11 heteroatoms. The zero-order valence-electron chi connectivity index (χ0n) is 16.1. The van der Waals surface area contributed by atoms with Gasteiger partial charge in [-0.3, -0.25) is 25.2 Å². The predicted molar refractivity (Wildman–Crippen MR) is 106 cm³/mol. The molecule has 10 nitrogen and oxygen atoms in total. The topological polar surface area (TPSA) is 132 Å². The Hall–Kier alpha value is -3.21. The van der Waals surface area contributed by atoms with Crippen molar-refractivity contribution in [2.75, 3.05) is 20.3 Å². The van der Waals surface area contributed by atoms with Crippen LogP contribution in [0.4, 0.5) is 0 Å². The molecule has 158 valence electrons. The van der Waals surface area contributed by atoms with E-state index in [1.165, 1.54) is 31.4 Å². The zero-order valence-corrected chi connectivity index (χ0v) is 16.9. The summed E-state index contributed by atoms with van der Waals surface area (Å²) in [5.74, 6) is -1.62. The molecule has 0 saturated carbocycles. The molecular weight excluding hydrogens is 402 g/mol. The molecule has 0 aliphatic rings. The van der Waals surface area contributed by atoms with Crippen molar-refractivity contribution in [2.45, 2.75) is 26.2 Å². The Labute approximate surface area is 173 Å². The number of nitrogens with one attached hydrogen (secondary N) is 3. The van der Waals surface area contributed by atoms with Crippen molar-refractivity contribution in [1.82, 2.24) is 16.2 Å². The van der Waals surface area contributed by atoms with E-state index in [2.05, 4.69) is 20.9 Å². The number of ether oxygens (including phenoxy) is 3. The molecule has 0 radical (unpaired) electrons. The van der Waals surface area contributed by atoms with Gasteiger partial charge in [0.05, 0.1) is 25.7 Å². The molecule has 3 N–H and O–H groups in total. The fraction of sp³-hybridized carbons (Fsp3) is 0.389. The second-order valence-corrected chi connectivity index (χ2v) is 5.98. The lowest BCUT2D eigenvalue weighted by Crippen LogP contribution is -2.49. The highest BCUT2D eigenvalue weighted by atomic mass is 32.1. The number of esters is 2. The number of thiocarbonyl (C=S) groups is 1. The van der Waals surface area contributed by atoms with E-state index >= 15 is 0 Å². The Morgan fingerprint density at radius 2 is 1.69 bits per heavy atom. The number of rotatable bonds is 9. The summed E-state index contributed by atoms with van der Waals surface area (Å²) in [5.41, 5.74) is 4.97. The number of methoxy groups -OCH3 is 1. The lowest BCUT2D eigenvalue weighted by molar-refractivity contribution is -0.142. The molecule has 0 aliphatic carbocycles. The first-order valence-electron chi connectivity index (χ1n) is 8.71. The number of carbonyl (C=O) groups is 4. The summed E-state index contributed by atoms with van der Waals surface area (Å²) in [6.07, 6.45) is 0.546. The van der Waals surface area contributed by atoms with Crippen LogP contribution in [0.25, 0.3) is 0 Å². The third kappa shape index (κ3) is 10.1. The lowest BCUT2D eigenvalue weighted by atomic mass is 10.2. The first-order chi connectivity index (χ1) is 13.8. The highest BCUT2D eigenvalue weighted by Gasteiger charge is 2.10. The Bertz CT molecular complexity index is 737. The molecule has 0 unspecified atom stereocenters. The molecule has 0 aromatic heterocycles. The van der Waals surface area contributed by atoms with E-state index in [9.17, 15) is 19.2 Å². The van der Waals surface area contributed by atoms with Crippen molar-refractivity contribution >= 4 is 41.1 Å². The van der Waals surface area contributed by atoms with Gasteiger partial charge in [-0.25, -0.2) is 4.79 Å². The Morgan fingerprint density at radius 3 is 2.31 bits per heavy atom. The molecule has 2 amide bonds. The van der Waals surface area contributed by atoms with E-state index < -0.39 is 23.8 Å². The van der Waals surface area contributed by atoms with Crippen molar-refractivity contribution in [1.29, 1.82) is 0 Å². The van der Waals surface area contributed by atoms with Gasteiger partial charge in [-0.1, -0.05) is 6.92 Å². The van der Waals surface area contributed by atoms with E-state index in [0.29, 0.717) is 17.9 Å². The fourth-order valence-corrected chi connectivity index (χ4v) is 1.98. The Balaban J connectivity index is 2.29. The second-order valence-electron chi connectivity index (χ2n) is 5.58. The van der Waals surface area contributed by atoms with E-state index in [1.807, 2.05) is 6.92 Å². The molecule has 0 spiro atoms. The molecule has 0 fully saturated rings. The normalized spacial score (nSPS) is 9.72. The van der Waals surface area contributed by atoms with Crippen LogP contribution in [0.5, 0.6) is 5.75 Å². The Kier molecular flexibility index (Phi) is 10.7. The molecule has 0 aliphatic heterocycles. The summed E-state index contributed by atoms with van der Waals surface area (Å²) in [4.78, 5) is 45.9. The zero-order chi connectivity index (χ0) is 21.6. The van der Waals surface area contributed by atoms with Gasteiger partial charge in [-0.2, -0.15) is 0 Å². The van der Waals surface area contributed by atoms with Gasteiger partial charge in [0.15, 0.2) is 11.7 Å². The van der Waals surface area contributed by atoms with Gasteiger partial charge in [0, 0.05) is 6.42 Å². The number of hydrogen-bond donors (Lipinski definition) is 3. The van der Waals surface area contributed by atoms with Gasteiger partial charge in [-0.15, -0.1) is 0 Å². The van der Waals surface area contributed by atoms with Crippen LogP contribution in [0.3, 0.4) is 0 Å². The molecule has 1 aromatic rings. The van der Waals surface area contributed by atoms with Gasteiger partial charge < -0.3 is 19.5 Å². The third-order valence-electron chi connectivity index (χ3n) is 3.25. The minimum absolute atomic E-state index is 0.0831. The maximum Gasteiger partial charge on any atom is 0.338 e. The van der Waals surface area contributed by atoms with E-state index in [0.717, 1.165) is 6.42 Å². The van der Waals surface area contributed by atoms with Crippen LogP contribution < -0.4 is 20.9 Å². The minimum atomic E-state index is -0.553. The first-order valence-corrected chi connectivity index (χ1v) is 9.12. The quantitative estimate of drug-likeness (QED) is 0.296. The average molecular weight is 425 g/mol. The van der Waals surface area contributed by atoms with Gasteiger partial charge in [-0.05, 0) is 42.9 Å². The lowest BCUT2D eigenvalue weighted by Gasteiger charge is -2.11. The fourth-order valence-electron chi connectivity index (χ4n) is 1.81. The smallest absolute Gasteiger partial charge is 0.338 e. The number of hydrazine groups is 1. The summed E-state index contributed by atoms with van der Waals surface area (Å²) in [5, 5.41) is 2.16. The second kappa shape index (κ2) is 13.0.